The number of hydrogen-bond donors (Lipinski definition) is 0. The molecule has 16 nitrogen and oxygen atoms in total. The molecule has 0 saturated carbocycles. The average Bonchev–Trinajstić information content (AvgIpc) is 3.22. The second-order valence-corrected chi connectivity index (χ2v) is 17.3. The van der Waals surface area contributed by atoms with E-state index >= 15 is 0 Å². The van der Waals surface area contributed by atoms with Gasteiger partial charge in [-0.25, -0.2) is 0 Å². The molecule has 4 aliphatic rings. The highest BCUT2D eigenvalue weighted by Crippen LogP contribution is 2.30. The van der Waals surface area contributed by atoms with Gasteiger partial charge < -0.3 is 0 Å². The molecule has 6 aromatic rings. The Morgan fingerprint density at radius 2 is 0.422 bits per heavy atom. The molecule has 0 radical (unpaired) electrons. The van der Waals surface area contributed by atoms with Crippen LogP contribution >= 0.6 is 0 Å². The number of nitro groups is 4. The van der Waals surface area contributed by atoms with Gasteiger partial charge in [-0.3, -0.25) is 60.1 Å². The third-order valence-corrected chi connectivity index (χ3v) is 11.8. The van der Waals surface area contributed by atoms with E-state index in [4.69, 9.17) is 0 Å². The molecule has 16 bridgehead atoms. The van der Waals surface area contributed by atoms with Crippen molar-refractivity contribution in [3.8, 4) is 0 Å². The first-order valence-electron chi connectivity index (χ1n) is 21.0. The highest BCUT2D eigenvalue weighted by Gasteiger charge is 2.23. The molecule has 0 unspecified atom stereocenters. The number of non-ortho nitro benzene ring substituents is 4. The summed E-state index contributed by atoms with van der Waals surface area (Å²) in [6.45, 7) is 3.93. The Morgan fingerprint density at radius 1 is 0.266 bits per heavy atom. The summed E-state index contributed by atoms with van der Waals surface area (Å²) in [5.74, 6) is 0. The first kappa shape index (κ1) is 42.1. The van der Waals surface area contributed by atoms with Crippen LogP contribution in [0.5, 0.6) is 0 Å². The molecule has 10 rings (SSSR count). The summed E-state index contributed by atoms with van der Waals surface area (Å²) >= 11 is 0. The van der Waals surface area contributed by atoms with Crippen LogP contribution in [0.2, 0.25) is 0 Å². The summed E-state index contributed by atoms with van der Waals surface area (Å²) in [6, 6.07) is 36.6. The summed E-state index contributed by atoms with van der Waals surface area (Å²) in [6.07, 6.45) is 0. The van der Waals surface area contributed by atoms with Gasteiger partial charge in [0.15, 0.2) is 0 Å². The van der Waals surface area contributed by atoms with Gasteiger partial charge in [0.2, 0.25) is 0 Å². The second kappa shape index (κ2) is 17.9. The Hall–Kier alpha value is -7.24. The highest BCUT2D eigenvalue weighted by molar-refractivity contribution is 5.44. The average molecular weight is 861 g/mol. The van der Waals surface area contributed by atoms with E-state index in [1.807, 2.05) is 60.7 Å². The van der Waals surface area contributed by atoms with Crippen LogP contribution in [0.4, 0.5) is 22.7 Å². The minimum Gasteiger partial charge on any atom is -0.291 e. The molecule has 0 atom stereocenters. The number of nitrogens with zero attached hydrogens (tertiary/aromatic N) is 8. The van der Waals surface area contributed by atoms with Crippen LogP contribution in [-0.4, -0.2) is 39.3 Å². The summed E-state index contributed by atoms with van der Waals surface area (Å²) in [5, 5.41) is 50.1. The molecule has 4 heterocycles. The third kappa shape index (κ3) is 10.2. The zero-order chi connectivity index (χ0) is 44.5. The maximum absolute atomic E-state index is 12.5. The van der Waals surface area contributed by atoms with Crippen molar-refractivity contribution in [1.82, 2.24) is 19.6 Å². The zero-order valence-corrected chi connectivity index (χ0v) is 34.9. The van der Waals surface area contributed by atoms with Crippen LogP contribution in [0.15, 0.2) is 121 Å². The topological polar surface area (TPSA) is 186 Å². The first-order chi connectivity index (χ1) is 30.8. The van der Waals surface area contributed by atoms with E-state index < -0.39 is 19.7 Å². The Morgan fingerprint density at radius 3 is 0.594 bits per heavy atom. The van der Waals surface area contributed by atoms with E-state index in [0.29, 0.717) is 123 Å². The standard InChI is InChI=1S/C48H44N8O8/c57-53(58)45-13-37-9-41(17-45)29-51-23-35-5-2-6-36(8-35)24-52-30-42-10-38(14-46(18-42)54(59)60)26-49(25-37)21-33-3-1-4-34(7-33)22-50(27-39-11-43(31-51)19-47(15-39)55(61)62)28-40-12-44(32-52)20-48(16-40)56(63)64/h1-20H,21-32H2. The van der Waals surface area contributed by atoms with Crippen molar-refractivity contribution in [3.05, 3.63) is 229 Å². The molecule has 0 fully saturated rings. The van der Waals surface area contributed by atoms with Crippen molar-refractivity contribution in [2.24, 2.45) is 0 Å². The lowest BCUT2D eigenvalue weighted by atomic mass is 10.0. The van der Waals surface area contributed by atoms with Gasteiger partial charge in [0.05, 0.1) is 19.7 Å². The predicted molar refractivity (Wildman–Crippen MR) is 237 cm³/mol. The molecule has 6 aromatic carbocycles. The molecule has 4 aliphatic heterocycles. The molecule has 16 heteroatoms. The fraction of sp³-hybridized carbons (Fsp3) is 0.250. The van der Waals surface area contributed by atoms with Gasteiger partial charge in [0.25, 0.3) is 22.7 Å². The minimum absolute atomic E-state index is 0.0627. The van der Waals surface area contributed by atoms with E-state index in [2.05, 4.69) is 31.7 Å². The molecule has 0 saturated heterocycles. The Kier molecular flexibility index (Phi) is 11.7. The Labute approximate surface area is 368 Å². The highest BCUT2D eigenvalue weighted by atomic mass is 16.6. The Balaban J connectivity index is 1.31. The van der Waals surface area contributed by atoms with Crippen LogP contribution in [0, 0.1) is 40.5 Å². The minimum atomic E-state index is -0.396. The molecule has 0 aromatic heterocycles. The van der Waals surface area contributed by atoms with E-state index in [9.17, 15) is 40.5 Å². The Bertz CT molecular complexity index is 2360. The van der Waals surface area contributed by atoms with Crippen LogP contribution in [0.1, 0.15) is 66.8 Å². The van der Waals surface area contributed by atoms with Crippen LogP contribution in [0.3, 0.4) is 0 Å². The molecule has 0 aliphatic carbocycles. The van der Waals surface area contributed by atoms with Crippen molar-refractivity contribution in [1.29, 1.82) is 0 Å². The van der Waals surface area contributed by atoms with Crippen molar-refractivity contribution in [2.45, 2.75) is 78.5 Å². The normalized spacial score (nSPS) is 19.6. The molecule has 0 amide bonds. The largest absolute Gasteiger partial charge is 0.291 e. The van der Waals surface area contributed by atoms with Gasteiger partial charge in [0, 0.05) is 127 Å². The van der Waals surface area contributed by atoms with Gasteiger partial charge in [0.1, 0.15) is 0 Å². The number of nitro benzene ring substituents is 4. The van der Waals surface area contributed by atoms with Crippen LogP contribution in [-0.2, 0) is 78.5 Å². The van der Waals surface area contributed by atoms with Crippen LogP contribution < -0.4 is 0 Å². The second-order valence-electron chi connectivity index (χ2n) is 17.3. The van der Waals surface area contributed by atoms with Gasteiger partial charge in [-0.2, -0.15) is 0 Å². The maximum Gasteiger partial charge on any atom is 0.270 e. The number of benzene rings is 6. The lowest BCUT2D eigenvalue weighted by Crippen LogP contribution is -2.27. The van der Waals surface area contributed by atoms with E-state index in [1.165, 1.54) is 0 Å². The van der Waals surface area contributed by atoms with E-state index in [1.54, 1.807) is 48.5 Å². The summed E-state index contributed by atoms with van der Waals surface area (Å²) in [5.41, 5.74) is 9.07. The number of hydrogen-bond acceptors (Lipinski definition) is 12. The third-order valence-electron chi connectivity index (χ3n) is 11.8. The van der Waals surface area contributed by atoms with Gasteiger partial charge in [-0.15, -0.1) is 0 Å². The quantitative estimate of drug-likeness (QED) is 0.121. The summed E-state index contributed by atoms with van der Waals surface area (Å²) in [4.78, 5) is 57.0. The summed E-state index contributed by atoms with van der Waals surface area (Å²) < 4.78 is 0. The smallest absolute Gasteiger partial charge is 0.270 e. The lowest BCUT2D eigenvalue weighted by molar-refractivity contribution is -0.385. The van der Waals surface area contributed by atoms with E-state index in [-0.39, 0.29) is 22.7 Å². The molecular weight excluding hydrogens is 817 g/mol. The molecule has 0 N–H and O–H groups in total. The predicted octanol–water partition coefficient (Wildman–Crippen LogP) is 9.07. The zero-order valence-electron chi connectivity index (χ0n) is 34.9. The molecule has 0 spiro atoms. The fourth-order valence-electron chi connectivity index (χ4n) is 9.55. The van der Waals surface area contributed by atoms with Crippen LogP contribution in [0.25, 0.3) is 0 Å². The molecular formula is C48H44N8O8. The SMILES string of the molecule is O=[N+]([O-])c1cc2cc(c1)CN1Cc3cccc(c3)CN3Cc4cc(cc([N+](=O)[O-])c4)CN(Cc4cccc(c4)CN(Cc4cc(cc([N+](=O)[O-])c4)C1)Cc1cc(cc([N+](=O)[O-])c1)C3)C2. The van der Waals surface area contributed by atoms with Crippen molar-refractivity contribution in [3.63, 3.8) is 0 Å². The maximum atomic E-state index is 12.5. The van der Waals surface area contributed by atoms with Crippen molar-refractivity contribution in [2.75, 3.05) is 0 Å². The molecule has 324 valence electrons. The van der Waals surface area contributed by atoms with Crippen molar-refractivity contribution < 1.29 is 19.7 Å². The van der Waals surface area contributed by atoms with Gasteiger partial charge >= 0.3 is 0 Å². The fourth-order valence-corrected chi connectivity index (χ4v) is 9.55. The van der Waals surface area contributed by atoms with E-state index in [0.717, 1.165) is 22.3 Å². The first-order valence-corrected chi connectivity index (χ1v) is 21.0. The number of rotatable bonds is 4. The monoisotopic (exact) mass is 860 g/mol. The molecule has 64 heavy (non-hydrogen) atoms. The summed E-state index contributed by atoms with van der Waals surface area (Å²) in [7, 11) is 0. The van der Waals surface area contributed by atoms with Gasteiger partial charge in [-0.1, -0.05) is 72.8 Å². The van der Waals surface area contributed by atoms with Gasteiger partial charge in [-0.05, 0) is 66.8 Å². The lowest BCUT2D eigenvalue weighted by Gasteiger charge is -2.28. The van der Waals surface area contributed by atoms with Crippen molar-refractivity contribution >= 4 is 22.7 Å².